The van der Waals surface area contributed by atoms with Gasteiger partial charge in [-0.3, -0.25) is 4.90 Å². The van der Waals surface area contributed by atoms with E-state index in [1.165, 1.54) is 0 Å². The van der Waals surface area contributed by atoms with Crippen molar-refractivity contribution in [2.24, 2.45) is 0 Å². The fraction of sp³-hybridized carbons (Fsp3) is 0.500. The molecule has 0 atom stereocenters. The highest BCUT2D eigenvalue weighted by atomic mass is 35.5. The molecule has 0 unspecified atom stereocenters. The van der Waals surface area contributed by atoms with Gasteiger partial charge in [0, 0.05) is 25.7 Å². The minimum Gasteiger partial charge on any atom is -0.492 e. The van der Waals surface area contributed by atoms with E-state index in [0.717, 1.165) is 32.0 Å². The number of nitrogens with zero attached hydrogens (tertiary/aromatic N) is 1. The molecule has 4 heteroatoms. The van der Waals surface area contributed by atoms with Gasteiger partial charge in [0.15, 0.2) is 0 Å². The molecule has 16 heavy (non-hydrogen) atoms. The van der Waals surface area contributed by atoms with Gasteiger partial charge in [0.25, 0.3) is 0 Å². The molecule has 0 bridgehead atoms. The minimum atomic E-state index is 0. The van der Waals surface area contributed by atoms with Gasteiger partial charge in [0.05, 0.1) is 0 Å². The summed E-state index contributed by atoms with van der Waals surface area (Å²) in [6.07, 6.45) is 0. The van der Waals surface area contributed by atoms with Crippen molar-refractivity contribution in [1.82, 2.24) is 10.2 Å². The van der Waals surface area contributed by atoms with Crippen molar-refractivity contribution in [3.8, 4) is 5.75 Å². The molecule has 1 aromatic rings. The van der Waals surface area contributed by atoms with Gasteiger partial charge in [0.2, 0.25) is 0 Å². The molecular weight excluding hydrogens is 224 g/mol. The first-order chi connectivity index (χ1) is 7.36. The van der Waals surface area contributed by atoms with E-state index in [-0.39, 0.29) is 12.4 Å². The maximum absolute atomic E-state index is 5.63. The fourth-order valence-electron chi connectivity index (χ4n) is 1.59. The van der Waals surface area contributed by atoms with Gasteiger partial charge in [-0.1, -0.05) is 18.2 Å². The highest BCUT2D eigenvalue weighted by Gasteiger charge is 2.20. The largest absolute Gasteiger partial charge is 0.492 e. The minimum absolute atomic E-state index is 0. The van der Waals surface area contributed by atoms with Gasteiger partial charge in [-0.05, 0) is 19.2 Å². The molecule has 90 valence electrons. The molecule has 0 spiro atoms. The molecule has 3 nitrogen and oxygen atoms in total. The highest BCUT2D eigenvalue weighted by Crippen LogP contribution is 2.08. The second-order valence-electron chi connectivity index (χ2n) is 3.95. The van der Waals surface area contributed by atoms with Gasteiger partial charge < -0.3 is 10.1 Å². The first-order valence-corrected chi connectivity index (χ1v) is 5.45. The summed E-state index contributed by atoms with van der Waals surface area (Å²) in [6.45, 7) is 3.97. The van der Waals surface area contributed by atoms with Gasteiger partial charge >= 0.3 is 0 Å². The Balaban J connectivity index is 0.00000128. The van der Waals surface area contributed by atoms with E-state index in [1.54, 1.807) is 0 Å². The number of ether oxygens (including phenoxy) is 1. The molecule has 0 aliphatic carbocycles. The summed E-state index contributed by atoms with van der Waals surface area (Å²) in [5.41, 5.74) is 0. The Morgan fingerprint density at radius 3 is 2.56 bits per heavy atom. The van der Waals surface area contributed by atoms with Crippen LogP contribution in [-0.2, 0) is 0 Å². The lowest BCUT2D eigenvalue weighted by Gasteiger charge is -2.35. The van der Waals surface area contributed by atoms with Crippen molar-refractivity contribution in [2.45, 2.75) is 6.04 Å². The van der Waals surface area contributed by atoms with E-state index in [0.29, 0.717) is 6.04 Å². The molecule has 0 amide bonds. The zero-order chi connectivity index (χ0) is 10.5. The Labute approximate surface area is 103 Å². The van der Waals surface area contributed by atoms with E-state index in [2.05, 4.69) is 17.3 Å². The van der Waals surface area contributed by atoms with Crippen molar-refractivity contribution in [1.29, 1.82) is 0 Å². The second kappa shape index (κ2) is 6.74. The first-order valence-electron chi connectivity index (χ1n) is 5.45. The summed E-state index contributed by atoms with van der Waals surface area (Å²) in [6, 6.07) is 10.7. The van der Waals surface area contributed by atoms with E-state index in [9.17, 15) is 0 Å². The topological polar surface area (TPSA) is 24.5 Å². The number of para-hydroxylation sites is 1. The number of hydrogen-bond acceptors (Lipinski definition) is 3. The summed E-state index contributed by atoms with van der Waals surface area (Å²) in [4.78, 5) is 2.35. The van der Waals surface area contributed by atoms with Crippen LogP contribution in [0.15, 0.2) is 30.3 Å². The molecule has 0 saturated carbocycles. The average molecular weight is 243 g/mol. The second-order valence-corrected chi connectivity index (χ2v) is 3.95. The summed E-state index contributed by atoms with van der Waals surface area (Å²) in [7, 11) is 2.15. The third-order valence-corrected chi connectivity index (χ3v) is 2.84. The lowest BCUT2D eigenvalue weighted by atomic mass is 10.1. The van der Waals surface area contributed by atoms with Crippen LogP contribution in [0.3, 0.4) is 0 Å². The smallest absolute Gasteiger partial charge is 0.119 e. The number of benzene rings is 1. The van der Waals surface area contributed by atoms with Gasteiger partial charge in [-0.2, -0.15) is 0 Å². The van der Waals surface area contributed by atoms with Crippen molar-refractivity contribution < 1.29 is 4.74 Å². The molecule has 1 aliphatic heterocycles. The van der Waals surface area contributed by atoms with Crippen LogP contribution in [0.5, 0.6) is 5.75 Å². The SMILES string of the molecule is CN(CCOc1ccccc1)C1CNC1.Cl. The quantitative estimate of drug-likeness (QED) is 0.845. The van der Waals surface area contributed by atoms with Crippen LogP contribution in [0.25, 0.3) is 0 Å². The number of halogens is 1. The van der Waals surface area contributed by atoms with Gasteiger partial charge in [0.1, 0.15) is 12.4 Å². The predicted molar refractivity (Wildman–Crippen MR) is 68.5 cm³/mol. The van der Waals surface area contributed by atoms with Crippen LogP contribution in [0.2, 0.25) is 0 Å². The average Bonchev–Trinajstić information content (AvgIpc) is 2.16. The number of hydrogen-bond donors (Lipinski definition) is 1. The fourth-order valence-corrected chi connectivity index (χ4v) is 1.59. The van der Waals surface area contributed by atoms with Crippen LogP contribution >= 0.6 is 12.4 Å². The maximum Gasteiger partial charge on any atom is 0.119 e. The Kier molecular flexibility index (Phi) is 5.60. The summed E-state index contributed by atoms with van der Waals surface area (Å²) in [5.74, 6) is 0.956. The molecular formula is C12H19ClN2O. The monoisotopic (exact) mass is 242 g/mol. The number of likely N-dealkylation sites (N-methyl/N-ethyl adjacent to an activating group) is 1. The zero-order valence-electron chi connectivity index (χ0n) is 9.56. The maximum atomic E-state index is 5.63. The molecule has 1 heterocycles. The third kappa shape index (κ3) is 3.67. The predicted octanol–water partition coefficient (Wildman–Crippen LogP) is 1.39. The lowest BCUT2D eigenvalue weighted by Crippen LogP contribution is -2.56. The van der Waals surface area contributed by atoms with Crippen LogP contribution in [0.1, 0.15) is 0 Å². The first kappa shape index (κ1) is 13.3. The molecule has 0 aromatic heterocycles. The molecule has 1 N–H and O–H groups in total. The molecule has 1 aromatic carbocycles. The summed E-state index contributed by atoms with van der Waals surface area (Å²) < 4.78 is 5.63. The molecule has 1 saturated heterocycles. The summed E-state index contributed by atoms with van der Waals surface area (Å²) in [5, 5.41) is 3.27. The van der Waals surface area contributed by atoms with Gasteiger partial charge in [-0.15, -0.1) is 12.4 Å². The Hall–Kier alpha value is -0.770. The summed E-state index contributed by atoms with van der Waals surface area (Å²) >= 11 is 0. The van der Waals surface area contributed by atoms with E-state index < -0.39 is 0 Å². The molecule has 1 aliphatic rings. The Morgan fingerprint density at radius 2 is 2.00 bits per heavy atom. The van der Waals surface area contributed by atoms with Crippen LogP contribution in [0, 0.1) is 0 Å². The van der Waals surface area contributed by atoms with Crippen LogP contribution in [0.4, 0.5) is 0 Å². The standard InChI is InChI=1S/C12H18N2O.ClH/c1-14(11-9-13-10-11)7-8-15-12-5-3-2-4-6-12;/h2-6,11,13H,7-10H2,1H3;1H. The third-order valence-electron chi connectivity index (χ3n) is 2.84. The Morgan fingerprint density at radius 1 is 1.31 bits per heavy atom. The Bertz CT molecular complexity index is 290. The van der Waals surface area contributed by atoms with E-state index in [4.69, 9.17) is 4.74 Å². The molecule has 0 radical (unpaired) electrons. The normalized spacial score (nSPS) is 15.4. The zero-order valence-corrected chi connectivity index (χ0v) is 10.4. The van der Waals surface area contributed by atoms with Crippen LogP contribution < -0.4 is 10.1 Å². The highest BCUT2D eigenvalue weighted by molar-refractivity contribution is 5.85. The van der Waals surface area contributed by atoms with E-state index in [1.807, 2.05) is 30.3 Å². The van der Waals surface area contributed by atoms with Crippen molar-refractivity contribution in [2.75, 3.05) is 33.3 Å². The van der Waals surface area contributed by atoms with Crippen molar-refractivity contribution in [3.05, 3.63) is 30.3 Å². The van der Waals surface area contributed by atoms with Gasteiger partial charge in [-0.25, -0.2) is 0 Å². The lowest BCUT2D eigenvalue weighted by molar-refractivity contribution is 0.151. The molecule has 2 rings (SSSR count). The van der Waals surface area contributed by atoms with Crippen molar-refractivity contribution in [3.63, 3.8) is 0 Å². The van der Waals surface area contributed by atoms with E-state index >= 15 is 0 Å². The van der Waals surface area contributed by atoms with Crippen molar-refractivity contribution >= 4 is 12.4 Å². The van der Waals surface area contributed by atoms with Crippen LogP contribution in [-0.4, -0.2) is 44.2 Å². The molecule has 1 fully saturated rings. The number of rotatable bonds is 5. The number of nitrogens with one attached hydrogen (secondary N) is 1.